The number of para-hydroxylation sites is 1. The molecular formula is C23H18ClN3O4S. The molecule has 2 N–H and O–H groups in total. The van der Waals surface area contributed by atoms with Crippen LogP contribution in [0.2, 0.25) is 5.02 Å². The Balaban J connectivity index is 1.30. The Kier molecular flexibility index (Phi) is 5.11. The van der Waals surface area contributed by atoms with Crippen LogP contribution < -0.4 is 10.0 Å². The summed E-state index contributed by atoms with van der Waals surface area (Å²) in [5, 5.41) is 3.10. The molecule has 1 fully saturated rings. The number of halogens is 1. The van der Waals surface area contributed by atoms with Gasteiger partial charge in [0, 0.05) is 17.2 Å². The highest BCUT2D eigenvalue weighted by molar-refractivity contribution is 7.92. The minimum Gasteiger partial charge on any atom is -0.440 e. The van der Waals surface area contributed by atoms with Crippen molar-refractivity contribution in [1.29, 1.82) is 0 Å². The van der Waals surface area contributed by atoms with E-state index in [9.17, 15) is 13.2 Å². The number of amides is 1. The van der Waals surface area contributed by atoms with Gasteiger partial charge in [0.2, 0.25) is 0 Å². The number of carbonyl (C=O) groups excluding carboxylic acids is 1. The maximum Gasteiger partial charge on any atom is 0.261 e. The third-order valence-electron chi connectivity index (χ3n) is 5.13. The van der Waals surface area contributed by atoms with Crippen molar-refractivity contribution in [2.24, 2.45) is 0 Å². The first kappa shape index (κ1) is 20.5. The van der Waals surface area contributed by atoms with Crippen LogP contribution in [0.3, 0.4) is 0 Å². The fourth-order valence-corrected chi connectivity index (χ4v) is 4.58. The zero-order valence-electron chi connectivity index (χ0n) is 16.7. The molecule has 1 aromatic heterocycles. The zero-order chi connectivity index (χ0) is 22.3. The third kappa shape index (κ3) is 4.19. The van der Waals surface area contributed by atoms with Crippen LogP contribution in [-0.4, -0.2) is 19.3 Å². The van der Waals surface area contributed by atoms with E-state index >= 15 is 0 Å². The fraction of sp³-hybridized carbons (Fsp3) is 0.130. The summed E-state index contributed by atoms with van der Waals surface area (Å²) in [5.74, 6) is 0.784. The molecule has 1 saturated carbocycles. The van der Waals surface area contributed by atoms with E-state index in [-0.39, 0.29) is 16.5 Å². The number of nitrogens with zero attached hydrogens (tertiary/aromatic N) is 1. The first-order valence-electron chi connectivity index (χ1n) is 9.98. The molecule has 0 aliphatic heterocycles. The van der Waals surface area contributed by atoms with E-state index in [2.05, 4.69) is 15.0 Å². The first-order valence-corrected chi connectivity index (χ1v) is 11.8. The Morgan fingerprint density at radius 1 is 1.03 bits per heavy atom. The third-order valence-corrected chi connectivity index (χ3v) is 6.84. The predicted molar refractivity (Wildman–Crippen MR) is 123 cm³/mol. The van der Waals surface area contributed by atoms with Gasteiger partial charge in [-0.1, -0.05) is 23.7 Å². The highest BCUT2D eigenvalue weighted by Crippen LogP contribution is 2.40. The number of anilines is 2. The number of nitrogens with one attached hydrogen (secondary N) is 2. The molecule has 0 saturated heterocycles. The molecule has 0 radical (unpaired) electrons. The summed E-state index contributed by atoms with van der Waals surface area (Å²) in [6.45, 7) is 0. The number of hydrogen-bond donors (Lipinski definition) is 2. The van der Waals surface area contributed by atoms with E-state index in [1.165, 1.54) is 24.3 Å². The molecule has 5 rings (SSSR count). The Morgan fingerprint density at radius 3 is 2.50 bits per heavy atom. The lowest BCUT2D eigenvalue weighted by atomic mass is 10.2. The van der Waals surface area contributed by atoms with E-state index in [0.29, 0.717) is 33.3 Å². The van der Waals surface area contributed by atoms with Crippen LogP contribution in [0.4, 0.5) is 11.4 Å². The summed E-state index contributed by atoms with van der Waals surface area (Å²) in [6.07, 6.45) is 2.19. The van der Waals surface area contributed by atoms with Gasteiger partial charge in [0.15, 0.2) is 11.5 Å². The highest BCUT2D eigenvalue weighted by Gasteiger charge is 2.29. The molecule has 0 spiro atoms. The Bertz CT molecular complexity index is 1430. The second kappa shape index (κ2) is 7.96. The molecule has 0 atom stereocenters. The largest absolute Gasteiger partial charge is 0.440 e. The topological polar surface area (TPSA) is 101 Å². The van der Waals surface area contributed by atoms with Gasteiger partial charge in [-0.2, -0.15) is 0 Å². The monoisotopic (exact) mass is 467 g/mol. The molecule has 7 nitrogen and oxygen atoms in total. The number of benzene rings is 3. The molecule has 1 amide bonds. The number of fused-ring (bicyclic) bond motifs is 1. The average Bonchev–Trinajstić information content (AvgIpc) is 3.54. The molecule has 1 aliphatic rings. The number of carbonyl (C=O) groups is 1. The summed E-state index contributed by atoms with van der Waals surface area (Å²) in [6, 6.07) is 17.5. The molecule has 1 aliphatic carbocycles. The Labute approximate surface area is 189 Å². The van der Waals surface area contributed by atoms with Crippen molar-refractivity contribution >= 4 is 50.0 Å². The van der Waals surface area contributed by atoms with Gasteiger partial charge in [-0.3, -0.25) is 9.52 Å². The number of rotatable bonds is 6. The maximum atomic E-state index is 12.6. The van der Waals surface area contributed by atoms with E-state index in [0.717, 1.165) is 18.7 Å². The van der Waals surface area contributed by atoms with Gasteiger partial charge in [0.25, 0.3) is 15.9 Å². The molecular weight excluding hydrogens is 450 g/mol. The first-order chi connectivity index (χ1) is 15.4. The molecule has 0 bridgehead atoms. The number of hydrogen-bond acceptors (Lipinski definition) is 5. The molecule has 162 valence electrons. The van der Waals surface area contributed by atoms with Gasteiger partial charge in [0.1, 0.15) is 5.52 Å². The van der Waals surface area contributed by atoms with Gasteiger partial charge in [-0.05, 0) is 67.4 Å². The summed E-state index contributed by atoms with van der Waals surface area (Å²) < 4.78 is 33.4. The summed E-state index contributed by atoms with van der Waals surface area (Å²) in [4.78, 5) is 17.1. The second-order valence-corrected chi connectivity index (χ2v) is 9.66. The molecule has 1 heterocycles. The lowest BCUT2D eigenvalue weighted by molar-refractivity contribution is 0.102. The fourth-order valence-electron chi connectivity index (χ4n) is 3.26. The molecule has 9 heteroatoms. The van der Waals surface area contributed by atoms with Crippen LogP contribution in [0.25, 0.3) is 11.1 Å². The van der Waals surface area contributed by atoms with Crippen LogP contribution >= 0.6 is 11.6 Å². The number of oxazole rings is 1. The van der Waals surface area contributed by atoms with Crippen LogP contribution in [0.5, 0.6) is 0 Å². The van der Waals surface area contributed by atoms with Gasteiger partial charge >= 0.3 is 0 Å². The summed E-state index contributed by atoms with van der Waals surface area (Å²) in [5.41, 5.74) is 2.56. The van der Waals surface area contributed by atoms with E-state index < -0.39 is 10.0 Å². The highest BCUT2D eigenvalue weighted by atomic mass is 35.5. The second-order valence-electron chi connectivity index (χ2n) is 7.57. The van der Waals surface area contributed by atoms with E-state index in [4.69, 9.17) is 16.0 Å². The predicted octanol–water partition coefficient (Wildman–Crippen LogP) is 5.41. The zero-order valence-corrected chi connectivity index (χ0v) is 18.3. The lowest BCUT2D eigenvalue weighted by Crippen LogP contribution is -2.15. The minimum atomic E-state index is -3.85. The molecule has 3 aromatic carbocycles. The Hall–Kier alpha value is -3.36. The van der Waals surface area contributed by atoms with Crippen molar-refractivity contribution in [2.45, 2.75) is 23.7 Å². The van der Waals surface area contributed by atoms with Crippen LogP contribution in [0, 0.1) is 0 Å². The van der Waals surface area contributed by atoms with Crippen molar-refractivity contribution in [3.8, 4) is 0 Å². The number of aromatic nitrogens is 1. The molecule has 32 heavy (non-hydrogen) atoms. The Morgan fingerprint density at radius 2 is 1.78 bits per heavy atom. The van der Waals surface area contributed by atoms with Crippen molar-refractivity contribution < 1.29 is 17.6 Å². The van der Waals surface area contributed by atoms with Crippen LogP contribution in [0.15, 0.2) is 76.0 Å². The van der Waals surface area contributed by atoms with Crippen molar-refractivity contribution in [3.05, 3.63) is 83.2 Å². The standard InChI is InChI=1S/C23H18ClN3O4S/c24-18-3-1-2-4-19(18)27-32(29,30)17-10-7-14(8-11-17)22(28)25-16-9-12-21-20(13-16)26-23(31-21)15-5-6-15/h1-4,7-13,15,27H,5-6H2,(H,25,28). The average molecular weight is 468 g/mol. The van der Waals surface area contributed by atoms with Crippen LogP contribution in [0.1, 0.15) is 35.0 Å². The van der Waals surface area contributed by atoms with E-state index in [1.807, 2.05) is 0 Å². The van der Waals surface area contributed by atoms with Crippen molar-refractivity contribution in [2.75, 3.05) is 10.0 Å². The summed E-state index contributed by atoms with van der Waals surface area (Å²) >= 11 is 6.03. The SMILES string of the molecule is O=C(Nc1ccc2oc(C3CC3)nc2c1)c1ccc(S(=O)(=O)Nc2ccccc2Cl)cc1. The summed E-state index contributed by atoms with van der Waals surface area (Å²) in [7, 11) is -3.85. The normalized spacial score (nSPS) is 13.8. The van der Waals surface area contributed by atoms with Crippen LogP contribution in [-0.2, 0) is 10.0 Å². The maximum absolute atomic E-state index is 12.6. The quantitative estimate of drug-likeness (QED) is 0.394. The minimum absolute atomic E-state index is 0.0191. The van der Waals surface area contributed by atoms with Gasteiger partial charge in [-0.15, -0.1) is 0 Å². The van der Waals surface area contributed by atoms with Gasteiger partial charge in [-0.25, -0.2) is 13.4 Å². The smallest absolute Gasteiger partial charge is 0.261 e. The molecule has 4 aromatic rings. The van der Waals surface area contributed by atoms with E-state index in [1.54, 1.807) is 42.5 Å². The lowest BCUT2D eigenvalue weighted by Gasteiger charge is -2.10. The molecule has 0 unspecified atom stereocenters. The van der Waals surface area contributed by atoms with Gasteiger partial charge < -0.3 is 9.73 Å². The van der Waals surface area contributed by atoms with Crippen molar-refractivity contribution in [1.82, 2.24) is 4.98 Å². The van der Waals surface area contributed by atoms with Crippen molar-refractivity contribution in [3.63, 3.8) is 0 Å². The number of sulfonamides is 1. The van der Waals surface area contributed by atoms with Gasteiger partial charge in [0.05, 0.1) is 15.6 Å².